The van der Waals surface area contributed by atoms with Gasteiger partial charge in [-0.15, -0.1) is 24.0 Å². The van der Waals surface area contributed by atoms with Crippen LogP contribution in [0, 0.1) is 0 Å². The van der Waals surface area contributed by atoms with Gasteiger partial charge >= 0.3 is 0 Å². The first-order valence-corrected chi connectivity index (χ1v) is 8.50. The highest BCUT2D eigenvalue weighted by Gasteiger charge is 2.29. The third-order valence-corrected chi connectivity index (χ3v) is 4.24. The maximum Gasteiger partial charge on any atom is 0.191 e. The van der Waals surface area contributed by atoms with Crippen molar-refractivity contribution in [3.8, 4) is 0 Å². The van der Waals surface area contributed by atoms with Gasteiger partial charge in [0.1, 0.15) is 0 Å². The van der Waals surface area contributed by atoms with E-state index in [-0.39, 0.29) is 29.6 Å². The van der Waals surface area contributed by atoms with E-state index in [9.17, 15) is 0 Å². The Kier molecular flexibility index (Phi) is 10.4. The first-order valence-electron chi connectivity index (χ1n) is 8.50. The Bertz CT molecular complexity index is 343. The summed E-state index contributed by atoms with van der Waals surface area (Å²) in [6.07, 6.45) is 5.83. The van der Waals surface area contributed by atoms with Crippen LogP contribution in [0.3, 0.4) is 0 Å². The number of rotatable bonds is 8. The topological polar surface area (TPSA) is 64.1 Å². The number of aliphatic imine (C=N–C) groups is 1. The van der Waals surface area contributed by atoms with Crippen LogP contribution in [-0.4, -0.2) is 64.2 Å². The normalized spacial score (nSPS) is 27.7. The molecule has 2 rings (SSSR count). The molecule has 0 aromatic heterocycles. The molecule has 0 saturated carbocycles. The fourth-order valence-electron chi connectivity index (χ4n) is 2.84. The molecule has 2 saturated heterocycles. The lowest BCUT2D eigenvalue weighted by Crippen LogP contribution is -2.45. The summed E-state index contributed by atoms with van der Waals surface area (Å²) in [6, 6.07) is 0. The Morgan fingerprint density at radius 2 is 2.17 bits per heavy atom. The third kappa shape index (κ3) is 8.00. The molecule has 0 aliphatic carbocycles. The molecule has 7 heteroatoms. The van der Waals surface area contributed by atoms with Crippen LogP contribution in [0.5, 0.6) is 0 Å². The fourth-order valence-corrected chi connectivity index (χ4v) is 2.84. The van der Waals surface area contributed by atoms with E-state index in [1.165, 1.54) is 6.42 Å². The average Bonchev–Trinajstić information content (AvgIpc) is 3.18. The molecule has 0 bridgehead atoms. The number of halogens is 1. The van der Waals surface area contributed by atoms with Crippen LogP contribution in [0.4, 0.5) is 0 Å². The van der Waals surface area contributed by atoms with Gasteiger partial charge in [-0.05, 0) is 39.0 Å². The molecule has 2 heterocycles. The van der Waals surface area contributed by atoms with Gasteiger partial charge in [-0.2, -0.15) is 0 Å². The Morgan fingerprint density at radius 1 is 1.30 bits per heavy atom. The summed E-state index contributed by atoms with van der Waals surface area (Å²) in [5.41, 5.74) is -0.0536. The summed E-state index contributed by atoms with van der Waals surface area (Å²) >= 11 is 0. The van der Waals surface area contributed by atoms with E-state index in [1.54, 1.807) is 7.05 Å². The van der Waals surface area contributed by atoms with E-state index in [2.05, 4.69) is 22.5 Å². The van der Waals surface area contributed by atoms with Gasteiger partial charge in [-0.1, -0.05) is 0 Å². The number of guanidine groups is 1. The summed E-state index contributed by atoms with van der Waals surface area (Å²) in [6.45, 7) is 7.03. The highest BCUT2D eigenvalue weighted by molar-refractivity contribution is 14.0. The summed E-state index contributed by atoms with van der Waals surface area (Å²) in [5, 5.41) is 6.65. The van der Waals surface area contributed by atoms with Crippen molar-refractivity contribution in [2.75, 3.05) is 46.6 Å². The zero-order chi connectivity index (χ0) is 15.7. The fraction of sp³-hybridized carbons (Fsp3) is 0.938. The van der Waals surface area contributed by atoms with Crippen LogP contribution in [0.15, 0.2) is 4.99 Å². The molecule has 2 fully saturated rings. The number of ether oxygens (including phenoxy) is 3. The van der Waals surface area contributed by atoms with Gasteiger partial charge in [0.25, 0.3) is 0 Å². The van der Waals surface area contributed by atoms with Gasteiger partial charge in [0.15, 0.2) is 5.96 Å². The first kappa shape index (κ1) is 20.9. The maximum absolute atomic E-state index is 5.76. The highest BCUT2D eigenvalue weighted by Crippen LogP contribution is 2.23. The summed E-state index contributed by atoms with van der Waals surface area (Å²) in [4.78, 5) is 4.24. The van der Waals surface area contributed by atoms with Crippen LogP contribution in [0.1, 0.15) is 39.0 Å². The molecule has 2 N–H and O–H groups in total. The zero-order valence-electron chi connectivity index (χ0n) is 14.4. The lowest BCUT2D eigenvalue weighted by atomic mass is 10.0. The molecule has 0 aromatic rings. The summed E-state index contributed by atoms with van der Waals surface area (Å²) < 4.78 is 16.9. The van der Waals surface area contributed by atoms with E-state index in [4.69, 9.17) is 14.2 Å². The van der Waals surface area contributed by atoms with E-state index in [0.29, 0.717) is 6.10 Å². The molecule has 136 valence electrons. The van der Waals surface area contributed by atoms with Gasteiger partial charge in [0.2, 0.25) is 0 Å². The average molecular weight is 441 g/mol. The predicted molar refractivity (Wildman–Crippen MR) is 103 cm³/mol. The van der Waals surface area contributed by atoms with Crippen molar-refractivity contribution in [2.45, 2.75) is 50.7 Å². The van der Waals surface area contributed by atoms with Gasteiger partial charge < -0.3 is 24.8 Å². The smallest absolute Gasteiger partial charge is 0.191 e. The molecule has 0 spiro atoms. The van der Waals surface area contributed by atoms with E-state index in [0.717, 1.165) is 71.2 Å². The Balaban J connectivity index is 0.00000264. The molecular formula is C16H32IN3O3. The molecule has 2 aliphatic rings. The Labute approximate surface area is 157 Å². The quantitative estimate of drug-likeness (QED) is 0.261. The molecular weight excluding hydrogens is 409 g/mol. The van der Waals surface area contributed by atoms with Crippen LogP contribution in [0.25, 0.3) is 0 Å². The minimum atomic E-state index is -0.0536. The van der Waals surface area contributed by atoms with Crippen molar-refractivity contribution in [1.82, 2.24) is 10.6 Å². The zero-order valence-corrected chi connectivity index (χ0v) is 16.8. The molecule has 2 atom stereocenters. The number of nitrogens with zero attached hydrogens (tertiary/aromatic N) is 1. The van der Waals surface area contributed by atoms with Crippen LogP contribution in [0.2, 0.25) is 0 Å². The third-order valence-electron chi connectivity index (χ3n) is 4.24. The van der Waals surface area contributed by atoms with E-state index in [1.807, 2.05) is 0 Å². The Hall–Kier alpha value is -0.120. The van der Waals surface area contributed by atoms with Gasteiger partial charge in [-0.25, -0.2) is 0 Å². The van der Waals surface area contributed by atoms with Crippen molar-refractivity contribution in [3.63, 3.8) is 0 Å². The maximum atomic E-state index is 5.76. The second kappa shape index (κ2) is 11.4. The second-order valence-corrected chi connectivity index (χ2v) is 6.32. The van der Waals surface area contributed by atoms with Crippen LogP contribution < -0.4 is 10.6 Å². The van der Waals surface area contributed by atoms with Crippen molar-refractivity contribution in [1.29, 1.82) is 0 Å². The van der Waals surface area contributed by atoms with Crippen molar-refractivity contribution in [3.05, 3.63) is 0 Å². The predicted octanol–water partition coefficient (Wildman–Crippen LogP) is 1.92. The lowest BCUT2D eigenvalue weighted by molar-refractivity contribution is 0.0168. The monoisotopic (exact) mass is 441 g/mol. The molecule has 23 heavy (non-hydrogen) atoms. The van der Waals surface area contributed by atoms with Gasteiger partial charge in [0, 0.05) is 40.0 Å². The van der Waals surface area contributed by atoms with Crippen molar-refractivity contribution in [2.24, 2.45) is 4.99 Å². The van der Waals surface area contributed by atoms with Crippen molar-refractivity contribution < 1.29 is 14.2 Å². The summed E-state index contributed by atoms with van der Waals surface area (Å²) in [5.74, 6) is 0.829. The van der Waals surface area contributed by atoms with Gasteiger partial charge in [-0.3, -0.25) is 4.99 Å². The molecule has 0 aromatic carbocycles. The SMILES string of the molecule is CN=C(NCCCOCC1CCCO1)NCC1(C)CCCO1.I. The van der Waals surface area contributed by atoms with E-state index < -0.39 is 0 Å². The first-order chi connectivity index (χ1) is 10.7. The lowest BCUT2D eigenvalue weighted by Gasteiger charge is -2.24. The van der Waals surface area contributed by atoms with Crippen molar-refractivity contribution >= 4 is 29.9 Å². The minimum Gasteiger partial charge on any atom is -0.379 e. The number of hydrogen-bond donors (Lipinski definition) is 2. The summed E-state index contributed by atoms with van der Waals surface area (Å²) in [7, 11) is 1.79. The standard InChI is InChI=1S/C16H31N3O3.HI/c1-16(7-4-11-22-16)13-19-15(17-2)18-8-5-9-20-12-14-6-3-10-21-14;/h14H,3-13H2,1-2H3,(H2,17,18,19);1H. The molecule has 0 amide bonds. The van der Waals surface area contributed by atoms with Crippen LogP contribution in [-0.2, 0) is 14.2 Å². The number of nitrogens with one attached hydrogen (secondary N) is 2. The largest absolute Gasteiger partial charge is 0.379 e. The van der Waals surface area contributed by atoms with E-state index >= 15 is 0 Å². The van der Waals surface area contributed by atoms with Crippen LogP contribution >= 0.6 is 24.0 Å². The Morgan fingerprint density at radius 3 is 2.83 bits per heavy atom. The second-order valence-electron chi connectivity index (χ2n) is 6.32. The molecule has 2 aliphatic heterocycles. The van der Waals surface area contributed by atoms with Gasteiger partial charge in [0.05, 0.1) is 18.3 Å². The molecule has 0 radical (unpaired) electrons. The molecule has 6 nitrogen and oxygen atoms in total. The number of hydrogen-bond acceptors (Lipinski definition) is 4. The minimum absolute atomic E-state index is 0. The highest BCUT2D eigenvalue weighted by atomic mass is 127. The molecule has 2 unspecified atom stereocenters.